The molecule has 2 aliphatic carbocycles. The highest BCUT2D eigenvalue weighted by molar-refractivity contribution is 9.10. The number of carbonyl (C=O) groups excluding carboxylic acids is 1. The molecular weight excluding hydrogens is 352 g/mol. The van der Waals surface area contributed by atoms with Crippen molar-refractivity contribution in [3.63, 3.8) is 0 Å². The van der Waals surface area contributed by atoms with Gasteiger partial charge in [-0.2, -0.15) is 0 Å². The second-order valence-corrected chi connectivity index (χ2v) is 8.44. The highest BCUT2D eigenvalue weighted by atomic mass is 79.9. The fraction of sp³-hybridized carbons (Fsp3) is 0.632. The van der Waals surface area contributed by atoms with Gasteiger partial charge in [0.05, 0.1) is 0 Å². The van der Waals surface area contributed by atoms with Gasteiger partial charge in [-0.15, -0.1) is 0 Å². The van der Waals surface area contributed by atoms with Crippen LogP contribution in [0, 0.1) is 17.8 Å². The second-order valence-electron chi connectivity index (χ2n) is 7.58. The lowest BCUT2D eigenvalue weighted by Crippen LogP contribution is -2.50. The molecule has 2 unspecified atom stereocenters. The monoisotopic (exact) mass is 376 g/mol. The van der Waals surface area contributed by atoms with Gasteiger partial charge in [0, 0.05) is 29.5 Å². The molecule has 3 aliphatic rings. The van der Waals surface area contributed by atoms with Crippen LogP contribution in [0.5, 0.6) is 0 Å². The number of nitrogens with two attached hydrogens (primary N) is 1. The first kappa shape index (κ1) is 15.6. The molecule has 0 spiro atoms. The van der Waals surface area contributed by atoms with Gasteiger partial charge in [0.25, 0.3) is 0 Å². The van der Waals surface area contributed by atoms with Gasteiger partial charge < -0.3 is 10.6 Å². The average Bonchev–Trinajstić information content (AvgIpc) is 2.54. The van der Waals surface area contributed by atoms with Crippen molar-refractivity contribution in [2.75, 3.05) is 6.54 Å². The summed E-state index contributed by atoms with van der Waals surface area (Å²) in [4.78, 5) is 15.1. The predicted octanol–water partition coefficient (Wildman–Crippen LogP) is 3.49. The first-order valence-corrected chi connectivity index (χ1v) is 9.73. The minimum Gasteiger partial charge on any atom is -0.338 e. The number of amides is 1. The highest BCUT2D eigenvalue weighted by Crippen LogP contribution is 2.42. The third kappa shape index (κ3) is 2.85. The molecule has 2 bridgehead atoms. The summed E-state index contributed by atoms with van der Waals surface area (Å²) in [6.45, 7) is 1.62. The minimum atomic E-state index is 0.207. The van der Waals surface area contributed by atoms with Crippen molar-refractivity contribution in [2.24, 2.45) is 23.5 Å². The normalized spacial score (nSPS) is 33.2. The Kier molecular flexibility index (Phi) is 4.22. The molecular formula is C19H25BrN2O. The Morgan fingerprint density at radius 3 is 2.70 bits per heavy atom. The van der Waals surface area contributed by atoms with Crippen molar-refractivity contribution >= 4 is 21.8 Å². The summed E-state index contributed by atoms with van der Waals surface area (Å²) in [5.74, 6) is 1.73. The van der Waals surface area contributed by atoms with E-state index < -0.39 is 0 Å². The lowest BCUT2D eigenvalue weighted by molar-refractivity contribution is -0.139. The highest BCUT2D eigenvalue weighted by Gasteiger charge is 2.41. The third-order valence-electron chi connectivity index (χ3n) is 6.28. The van der Waals surface area contributed by atoms with Crippen LogP contribution in [0.15, 0.2) is 22.7 Å². The van der Waals surface area contributed by atoms with E-state index in [2.05, 4.69) is 39.0 Å². The van der Waals surface area contributed by atoms with Gasteiger partial charge >= 0.3 is 0 Å². The number of hydrogen-bond donors (Lipinski definition) is 1. The third-order valence-corrected chi connectivity index (χ3v) is 7.03. The molecule has 0 aromatic heterocycles. The van der Waals surface area contributed by atoms with Crippen LogP contribution in [0.3, 0.4) is 0 Å². The number of nitrogens with zero attached hydrogens (tertiary/aromatic N) is 1. The van der Waals surface area contributed by atoms with Crippen LogP contribution in [-0.2, 0) is 17.8 Å². The first-order chi connectivity index (χ1) is 11.1. The van der Waals surface area contributed by atoms with Crippen LogP contribution in [0.4, 0.5) is 0 Å². The zero-order valence-electron chi connectivity index (χ0n) is 13.5. The average molecular weight is 377 g/mol. The fourth-order valence-electron chi connectivity index (χ4n) is 5.00. The molecule has 4 heteroatoms. The van der Waals surface area contributed by atoms with Crippen LogP contribution >= 0.6 is 15.9 Å². The molecule has 1 amide bonds. The lowest BCUT2D eigenvalue weighted by Gasteiger charge is -2.45. The van der Waals surface area contributed by atoms with Crippen molar-refractivity contribution in [3.05, 3.63) is 33.8 Å². The van der Waals surface area contributed by atoms with Gasteiger partial charge in [-0.3, -0.25) is 4.79 Å². The molecule has 3 nitrogen and oxygen atoms in total. The van der Waals surface area contributed by atoms with Crippen molar-refractivity contribution in [1.29, 1.82) is 0 Å². The predicted molar refractivity (Wildman–Crippen MR) is 94.8 cm³/mol. The molecule has 2 saturated carbocycles. The molecule has 1 heterocycles. The van der Waals surface area contributed by atoms with E-state index in [0.717, 1.165) is 32.4 Å². The maximum Gasteiger partial charge on any atom is 0.226 e. The van der Waals surface area contributed by atoms with Crippen LogP contribution < -0.4 is 5.73 Å². The summed E-state index contributed by atoms with van der Waals surface area (Å²) >= 11 is 3.64. The van der Waals surface area contributed by atoms with Crippen molar-refractivity contribution in [2.45, 2.75) is 51.1 Å². The molecule has 2 fully saturated rings. The van der Waals surface area contributed by atoms with E-state index in [4.69, 9.17) is 5.73 Å². The molecule has 1 aromatic carbocycles. The SMILES string of the molecule is NC1C2CCCC1CC(C(=O)N1CCc3c(Br)cccc3C1)C2. The Hall–Kier alpha value is -0.870. The van der Waals surface area contributed by atoms with E-state index in [1.807, 2.05) is 0 Å². The minimum absolute atomic E-state index is 0.207. The van der Waals surface area contributed by atoms with Crippen LogP contribution in [0.25, 0.3) is 0 Å². The van der Waals surface area contributed by atoms with Crippen LogP contribution in [0.1, 0.15) is 43.2 Å². The molecule has 0 radical (unpaired) electrons. The summed E-state index contributed by atoms with van der Waals surface area (Å²) in [5.41, 5.74) is 9.05. The molecule has 2 N–H and O–H groups in total. The topological polar surface area (TPSA) is 46.3 Å². The number of halogens is 1. The van der Waals surface area contributed by atoms with Crippen molar-refractivity contribution in [1.82, 2.24) is 4.90 Å². The van der Waals surface area contributed by atoms with Gasteiger partial charge in [-0.1, -0.05) is 34.5 Å². The van der Waals surface area contributed by atoms with Gasteiger partial charge in [0.15, 0.2) is 0 Å². The van der Waals surface area contributed by atoms with Crippen molar-refractivity contribution < 1.29 is 4.79 Å². The molecule has 2 atom stereocenters. The van der Waals surface area contributed by atoms with E-state index >= 15 is 0 Å². The number of hydrogen-bond acceptors (Lipinski definition) is 2. The molecule has 0 saturated heterocycles. The van der Waals surface area contributed by atoms with Gasteiger partial charge in [0.2, 0.25) is 5.91 Å². The van der Waals surface area contributed by atoms with E-state index in [1.165, 1.54) is 34.9 Å². The number of rotatable bonds is 1. The molecule has 23 heavy (non-hydrogen) atoms. The summed E-state index contributed by atoms with van der Waals surface area (Å²) < 4.78 is 1.18. The first-order valence-electron chi connectivity index (χ1n) is 8.94. The maximum absolute atomic E-state index is 13.1. The Balaban J connectivity index is 1.48. The number of benzene rings is 1. The summed E-state index contributed by atoms with van der Waals surface area (Å²) in [6.07, 6.45) is 6.72. The maximum atomic E-state index is 13.1. The standard InChI is InChI=1S/C19H25BrN2O/c20-17-6-2-5-14-11-22(8-7-16(14)17)19(23)15-9-12-3-1-4-13(10-15)18(12)21/h2,5-6,12-13,15,18H,1,3-4,7-11,21H2. The Bertz CT molecular complexity index is 603. The van der Waals surface area contributed by atoms with E-state index in [-0.39, 0.29) is 5.92 Å². The number of carbonyl (C=O) groups is 1. The molecule has 124 valence electrons. The zero-order valence-corrected chi connectivity index (χ0v) is 15.1. The molecule has 1 aliphatic heterocycles. The Morgan fingerprint density at radius 2 is 1.96 bits per heavy atom. The number of fused-ring (bicyclic) bond motifs is 3. The van der Waals surface area contributed by atoms with Crippen LogP contribution in [0.2, 0.25) is 0 Å². The molecule has 1 aromatic rings. The second kappa shape index (κ2) is 6.21. The summed E-state index contributed by atoms with van der Waals surface area (Å²) in [5, 5.41) is 0. The van der Waals surface area contributed by atoms with Gasteiger partial charge in [-0.25, -0.2) is 0 Å². The van der Waals surface area contributed by atoms with Gasteiger partial charge in [-0.05, 0) is 61.1 Å². The lowest BCUT2D eigenvalue weighted by atomic mass is 9.65. The largest absolute Gasteiger partial charge is 0.338 e. The summed E-state index contributed by atoms with van der Waals surface area (Å²) in [6, 6.07) is 6.66. The van der Waals surface area contributed by atoms with Crippen LogP contribution in [-0.4, -0.2) is 23.4 Å². The smallest absolute Gasteiger partial charge is 0.226 e. The summed E-state index contributed by atoms with van der Waals surface area (Å²) in [7, 11) is 0. The zero-order chi connectivity index (χ0) is 16.0. The quantitative estimate of drug-likeness (QED) is 0.815. The van der Waals surface area contributed by atoms with E-state index in [9.17, 15) is 4.79 Å². The van der Waals surface area contributed by atoms with E-state index in [0.29, 0.717) is 23.8 Å². The molecule has 4 rings (SSSR count). The Morgan fingerprint density at radius 1 is 1.22 bits per heavy atom. The van der Waals surface area contributed by atoms with Gasteiger partial charge in [0.1, 0.15) is 0 Å². The fourth-order valence-corrected chi connectivity index (χ4v) is 5.61. The van der Waals surface area contributed by atoms with E-state index in [1.54, 1.807) is 0 Å². The Labute approximate surface area is 146 Å². The van der Waals surface area contributed by atoms with Crippen molar-refractivity contribution in [3.8, 4) is 0 Å².